The van der Waals surface area contributed by atoms with Gasteiger partial charge >= 0.3 is 0 Å². The van der Waals surface area contributed by atoms with Crippen molar-refractivity contribution in [3.05, 3.63) is 98.5 Å². The molecule has 1 heterocycles. The van der Waals surface area contributed by atoms with Crippen molar-refractivity contribution in [3.8, 4) is 11.5 Å². The highest BCUT2D eigenvalue weighted by molar-refractivity contribution is 14.1. The van der Waals surface area contributed by atoms with Gasteiger partial charge in [0.15, 0.2) is 0 Å². The number of rotatable bonds is 5. The zero-order valence-corrected chi connectivity index (χ0v) is 18.2. The third-order valence-electron chi connectivity index (χ3n) is 4.26. The fourth-order valence-corrected chi connectivity index (χ4v) is 4.05. The number of nitrogens with zero attached hydrogens (tertiary/aromatic N) is 1. The highest BCUT2D eigenvalue weighted by Gasteiger charge is 2.34. The standard InChI is InChI=1S/C23H16INO3S/c24-18-11-9-16(10-12-18)15-25-22(26)21(29-23(25)27)14-17-5-4-8-20(13-17)28-19-6-2-1-3-7-19/h1-14H,15H2/b21-14+. The molecule has 1 fully saturated rings. The molecule has 0 unspecified atom stereocenters. The number of halogens is 1. The van der Waals surface area contributed by atoms with Crippen molar-refractivity contribution in [2.24, 2.45) is 0 Å². The quantitative estimate of drug-likeness (QED) is 0.296. The van der Waals surface area contributed by atoms with Crippen LogP contribution in [0.4, 0.5) is 4.79 Å². The highest BCUT2D eigenvalue weighted by atomic mass is 127. The van der Waals surface area contributed by atoms with Gasteiger partial charge < -0.3 is 4.74 Å². The molecule has 0 spiro atoms. The monoisotopic (exact) mass is 513 g/mol. The normalized spacial score (nSPS) is 15.2. The minimum atomic E-state index is -0.270. The fourth-order valence-electron chi connectivity index (χ4n) is 2.85. The summed E-state index contributed by atoms with van der Waals surface area (Å²) in [6.07, 6.45) is 1.73. The first kappa shape index (κ1) is 19.7. The molecule has 29 heavy (non-hydrogen) atoms. The van der Waals surface area contributed by atoms with Crippen molar-refractivity contribution in [2.45, 2.75) is 6.54 Å². The van der Waals surface area contributed by atoms with Crippen molar-refractivity contribution in [3.63, 3.8) is 0 Å². The summed E-state index contributed by atoms with van der Waals surface area (Å²) in [5, 5.41) is -0.253. The molecule has 0 aromatic heterocycles. The second kappa shape index (κ2) is 8.84. The molecule has 3 aromatic carbocycles. The summed E-state index contributed by atoms with van der Waals surface area (Å²) in [5.41, 5.74) is 1.73. The molecule has 0 bridgehead atoms. The summed E-state index contributed by atoms with van der Waals surface area (Å²) >= 11 is 3.19. The average molecular weight is 513 g/mol. The number of thioether (sulfide) groups is 1. The Morgan fingerprint density at radius 1 is 0.897 bits per heavy atom. The summed E-state index contributed by atoms with van der Waals surface area (Å²) in [6, 6.07) is 24.7. The van der Waals surface area contributed by atoms with Crippen LogP contribution in [0.1, 0.15) is 11.1 Å². The highest BCUT2D eigenvalue weighted by Crippen LogP contribution is 2.34. The van der Waals surface area contributed by atoms with Gasteiger partial charge in [-0.15, -0.1) is 0 Å². The van der Waals surface area contributed by atoms with Crippen LogP contribution in [0.3, 0.4) is 0 Å². The van der Waals surface area contributed by atoms with Gasteiger partial charge in [0.25, 0.3) is 11.1 Å². The molecular formula is C23H16INO3S. The third-order valence-corrected chi connectivity index (χ3v) is 5.89. The molecular weight excluding hydrogens is 497 g/mol. The Morgan fingerprint density at radius 3 is 2.38 bits per heavy atom. The molecule has 2 amide bonds. The molecule has 0 aliphatic carbocycles. The predicted octanol–water partition coefficient (Wildman–Crippen LogP) is 6.32. The lowest BCUT2D eigenvalue weighted by atomic mass is 10.2. The zero-order chi connectivity index (χ0) is 20.2. The second-order valence-electron chi connectivity index (χ2n) is 6.38. The molecule has 0 radical (unpaired) electrons. The minimum absolute atomic E-state index is 0.253. The number of ether oxygens (including phenoxy) is 1. The van der Waals surface area contributed by atoms with E-state index in [0.29, 0.717) is 10.7 Å². The van der Waals surface area contributed by atoms with Crippen molar-refractivity contribution in [1.82, 2.24) is 4.90 Å². The maximum Gasteiger partial charge on any atom is 0.293 e. The van der Waals surface area contributed by atoms with E-state index in [1.807, 2.05) is 78.9 Å². The van der Waals surface area contributed by atoms with E-state index in [9.17, 15) is 9.59 Å². The maximum absolute atomic E-state index is 12.8. The Morgan fingerprint density at radius 2 is 1.62 bits per heavy atom. The van der Waals surface area contributed by atoms with Gasteiger partial charge in [-0.3, -0.25) is 14.5 Å². The number of carbonyl (C=O) groups excluding carboxylic acids is 2. The number of imide groups is 1. The topological polar surface area (TPSA) is 46.6 Å². The van der Waals surface area contributed by atoms with Crippen molar-refractivity contribution in [2.75, 3.05) is 0 Å². The lowest BCUT2D eigenvalue weighted by Crippen LogP contribution is -2.27. The SMILES string of the molecule is O=C1S/C(=C/c2cccc(Oc3ccccc3)c2)C(=O)N1Cc1ccc(I)cc1. The molecule has 4 rings (SSSR count). The molecule has 1 saturated heterocycles. The Bertz CT molecular complexity index is 1080. The number of amides is 2. The number of para-hydroxylation sites is 1. The maximum atomic E-state index is 12.8. The first-order valence-corrected chi connectivity index (χ1v) is 10.8. The van der Waals surface area contributed by atoms with Gasteiger partial charge in [-0.05, 0) is 88.0 Å². The molecule has 4 nitrogen and oxygen atoms in total. The first-order valence-electron chi connectivity index (χ1n) is 8.91. The average Bonchev–Trinajstić information content (AvgIpc) is 2.98. The van der Waals surface area contributed by atoms with Gasteiger partial charge in [0.2, 0.25) is 0 Å². The van der Waals surface area contributed by atoms with E-state index in [0.717, 1.165) is 32.2 Å². The Balaban J connectivity index is 1.51. The van der Waals surface area contributed by atoms with Crippen LogP contribution in [0, 0.1) is 3.57 Å². The van der Waals surface area contributed by atoms with Crippen LogP contribution in [0.25, 0.3) is 6.08 Å². The summed E-state index contributed by atoms with van der Waals surface area (Å²) in [7, 11) is 0. The van der Waals surface area contributed by atoms with E-state index in [1.54, 1.807) is 6.08 Å². The molecule has 3 aromatic rings. The van der Waals surface area contributed by atoms with E-state index in [-0.39, 0.29) is 17.7 Å². The summed E-state index contributed by atoms with van der Waals surface area (Å²) in [6.45, 7) is 0.274. The first-order chi connectivity index (χ1) is 14.1. The smallest absolute Gasteiger partial charge is 0.293 e. The summed E-state index contributed by atoms with van der Waals surface area (Å²) < 4.78 is 6.95. The molecule has 1 aliphatic rings. The molecule has 0 saturated carbocycles. The van der Waals surface area contributed by atoms with E-state index in [1.165, 1.54) is 4.90 Å². The molecule has 0 atom stereocenters. The summed E-state index contributed by atoms with van der Waals surface area (Å²) in [4.78, 5) is 26.8. The number of hydrogen-bond acceptors (Lipinski definition) is 4. The number of carbonyl (C=O) groups is 2. The number of benzene rings is 3. The van der Waals surface area contributed by atoms with E-state index in [2.05, 4.69) is 22.6 Å². The van der Waals surface area contributed by atoms with Crippen molar-refractivity contribution in [1.29, 1.82) is 0 Å². The Kier molecular flexibility index (Phi) is 6.01. The van der Waals surface area contributed by atoms with Crippen molar-refractivity contribution < 1.29 is 14.3 Å². The van der Waals surface area contributed by atoms with Gasteiger partial charge in [-0.1, -0.05) is 42.5 Å². The largest absolute Gasteiger partial charge is 0.457 e. The Labute approximate surface area is 186 Å². The third kappa shape index (κ3) is 4.89. The summed E-state index contributed by atoms with van der Waals surface area (Å²) in [5.74, 6) is 1.14. The van der Waals surface area contributed by atoms with Gasteiger partial charge in [0.1, 0.15) is 11.5 Å². The van der Waals surface area contributed by atoms with E-state index in [4.69, 9.17) is 4.74 Å². The molecule has 0 N–H and O–H groups in total. The van der Waals surface area contributed by atoms with Crippen LogP contribution >= 0.6 is 34.4 Å². The van der Waals surface area contributed by atoms with Crippen LogP contribution in [0.2, 0.25) is 0 Å². The minimum Gasteiger partial charge on any atom is -0.457 e. The van der Waals surface area contributed by atoms with Crippen molar-refractivity contribution >= 4 is 51.6 Å². The van der Waals surface area contributed by atoms with Crippen LogP contribution in [-0.4, -0.2) is 16.0 Å². The predicted molar refractivity (Wildman–Crippen MR) is 124 cm³/mol. The van der Waals surface area contributed by atoms with Gasteiger partial charge in [-0.2, -0.15) is 0 Å². The van der Waals surface area contributed by atoms with Crippen LogP contribution in [0.15, 0.2) is 83.8 Å². The van der Waals surface area contributed by atoms with E-state index < -0.39 is 0 Å². The van der Waals surface area contributed by atoms with Gasteiger partial charge in [0, 0.05) is 3.57 Å². The lowest BCUT2D eigenvalue weighted by molar-refractivity contribution is -0.123. The van der Waals surface area contributed by atoms with Gasteiger partial charge in [0.05, 0.1) is 11.4 Å². The second-order valence-corrected chi connectivity index (χ2v) is 8.62. The zero-order valence-electron chi connectivity index (χ0n) is 15.2. The van der Waals surface area contributed by atoms with Gasteiger partial charge in [-0.25, -0.2) is 0 Å². The molecule has 144 valence electrons. The Hall–Kier alpha value is -2.58. The van der Waals surface area contributed by atoms with Crippen LogP contribution in [-0.2, 0) is 11.3 Å². The van der Waals surface area contributed by atoms with E-state index >= 15 is 0 Å². The van der Waals surface area contributed by atoms with Crippen LogP contribution in [0.5, 0.6) is 11.5 Å². The number of hydrogen-bond donors (Lipinski definition) is 0. The molecule has 1 aliphatic heterocycles. The fraction of sp³-hybridized carbons (Fsp3) is 0.0435. The van der Waals surface area contributed by atoms with Crippen LogP contribution < -0.4 is 4.74 Å². The lowest BCUT2D eigenvalue weighted by Gasteiger charge is -2.12. The molecule has 6 heteroatoms.